The summed E-state index contributed by atoms with van der Waals surface area (Å²) in [5.41, 5.74) is -0.958. The Morgan fingerprint density at radius 2 is 1.90 bits per heavy atom. The van der Waals surface area contributed by atoms with Gasteiger partial charge in [0.15, 0.2) is 5.82 Å². The monoisotopic (exact) mass is 659 g/mol. The molecule has 0 amide bonds. The van der Waals surface area contributed by atoms with Gasteiger partial charge in [0, 0.05) is 31.6 Å². The number of aryl methyl sites for hydroxylation is 1. The van der Waals surface area contributed by atoms with Gasteiger partial charge in [-0.05, 0) is 99.4 Å². The predicted molar refractivity (Wildman–Crippen MR) is 179 cm³/mol. The van der Waals surface area contributed by atoms with Crippen LogP contribution in [0.2, 0.25) is 0 Å². The smallest absolute Gasteiger partial charge is 0.319 e. The number of phenolic OH excluding ortho intramolecular Hbond substituents is 1. The van der Waals surface area contributed by atoms with Gasteiger partial charge in [-0.2, -0.15) is 9.97 Å². The number of rotatable bonds is 6. The largest absolute Gasteiger partial charge is 0.508 e. The summed E-state index contributed by atoms with van der Waals surface area (Å²) in [6, 6.07) is 5.71. The molecule has 3 saturated heterocycles. The summed E-state index contributed by atoms with van der Waals surface area (Å²) in [5.74, 6) is 4.86. The number of hydrogen-bond acceptors (Lipinski definition) is 8. The number of fused-ring (bicyclic) bond motifs is 3. The molecular weight excluding hydrogens is 619 g/mol. The Morgan fingerprint density at radius 1 is 1.06 bits per heavy atom. The van der Waals surface area contributed by atoms with Gasteiger partial charge in [-0.25, -0.2) is 18.2 Å². The molecule has 0 bridgehead atoms. The topological polar surface area (TPSA) is 94.8 Å². The van der Waals surface area contributed by atoms with Crippen molar-refractivity contribution < 1.29 is 28.1 Å². The van der Waals surface area contributed by atoms with E-state index in [4.69, 9.17) is 14.7 Å². The number of benzene rings is 2. The third-order valence-corrected chi connectivity index (χ3v) is 10.2. The molecule has 11 heteroatoms. The molecule has 2 aromatic carbocycles. The van der Waals surface area contributed by atoms with Crippen molar-refractivity contribution in [3.05, 3.63) is 47.2 Å². The number of phenols is 1. The second kappa shape index (κ2) is 12.4. The molecule has 48 heavy (non-hydrogen) atoms. The summed E-state index contributed by atoms with van der Waals surface area (Å²) in [6.45, 7) is 7.30. The third kappa shape index (κ3) is 5.69. The minimum Gasteiger partial charge on any atom is -0.508 e. The molecule has 0 saturated carbocycles. The minimum atomic E-state index is -1.03. The number of pyridine rings is 1. The molecule has 5 heterocycles. The van der Waals surface area contributed by atoms with Gasteiger partial charge < -0.3 is 19.8 Å². The summed E-state index contributed by atoms with van der Waals surface area (Å²) < 4.78 is 53.1. The number of aromatic hydroxyl groups is 1. The second-order valence-electron chi connectivity index (χ2n) is 13.8. The fourth-order valence-corrected chi connectivity index (χ4v) is 8.05. The van der Waals surface area contributed by atoms with Crippen molar-refractivity contribution in [1.29, 1.82) is 0 Å². The van der Waals surface area contributed by atoms with Crippen molar-refractivity contribution in [3.63, 3.8) is 0 Å². The molecule has 2 N–H and O–H groups in total. The first-order valence-corrected chi connectivity index (χ1v) is 16.8. The Hall–Kier alpha value is -4.14. The van der Waals surface area contributed by atoms with E-state index in [0.717, 1.165) is 32.2 Å². The molecular formula is C37H40F3N5O3. The average molecular weight is 660 g/mol. The summed E-state index contributed by atoms with van der Waals surface area (Å²) in [6.07, 6.45) is 3.62. The van der Waals surface area contributed by atoms with Crippen LogP contribution in [0.3, 0.4) is 0 Å². The molecule has 7 rings (SSSR count). The Balaban J connectivity index is 1.47. The van der Waals surface area contributed by atoms with Gasteiger partial charge in [-0.1, -0.05) is 18.9 Å². The maximum Gasteiger partial charge on any atom is 0.319 e. The first-order chi connectivity index (χ1) is 23.0. The first kappa shape index (κ1) is 32.4. The summed E-state index contributed by atoms with van der Waals surface area (Å²) >= 11 is 0. The Kier molecular flexibility index (Phi) is 8.36. The van der Waals surface area contributed by atoms with E-state index in [1.54, 1.807) is 19.9 Å². The van der Waals surface area contributed by atoms with E-state index in [2.05, 4.69) is 21.7 Å². The van der Waals surface area contributed by atoms with Gasteiger partial charge >= 0.3 is 6.01 Å². The van der Waals surface area contributed by atoms with Crippen molar-refractivity contribution in [2.45, 2.75) is 83.0 Å². The fraction of sp³-hybridized carbons (Fsp3) is 0.486. The standard InChI is InChI=1S/C37H40F3N5O3/c1-4-9-28-30-33(31(40)32(41-28)26-17-24(46)16-22-10-11-27(39)25(5-2)29(22)26)42-35(43-34(30)44-14-7-6-12-36(3,47)20-44)48-21-37-13-8-15-45(37)19-23(38)18-37/h10-11,16-17,23,46-47H,5-8,12-15,18-21H2,1-3H3/t23-,36?,37+/m1/s1. The zero-order valence-electron chi connectivity index (χ0n) is 27.5. The van der Waals surface area contributed by atoms with Crippen molar-refractivity contribution in [1.82, 2.24) is 19.9 Å². The number of β-amino-alcohol motifs (C(OH)–C–C–N with tert-alkyl or cyclic N) is 1. The molecule has 8 nitrogen and oxygen atoms in total. The van der Waals surface area contributed by atoms with Gasteiger partial charge in [-0.15, -0.1) is 0 Å². The minimum absolute atomic E-state index is 0.0718. The molecule has 0 spiro atoms. The Morgan fingerprint density at radius 3 is 2.69 bits per heavy atom. The van der Waals surface area contributed by atoms with Crippen LogP contribution in [0.5, 0.6) is 11.8 Å². The number of alkyl halides is 1. The van der Waals surface area contributed by atoms with E-state index in [1.165, 1.54) is 18.2 Å². The van der Waals surface area contributed by atoms with Crippen molar-refractivity contribution in [3.8, 4) is 34.9 Å². The number of ether oxygens (including phenoxy) is 1. The second-order valence-corrected chi connectivity index (χ2v) is 13.8. The van der Waals surface area contributed by atoms with Crippen LogP contribution < -0.4 is 9.64 Å². The summed E-state index contributed by atoms with van der Waals surface area (Å²) in [5, 5.41) is 23.1. The van der Waals surface area contributed by atoms with E-state index in [-0.39, 0.29) is 52.8 Å². The molecule has 1 unspecified atom stereocenters. The Bertz CT molecular complexity index is 1980. The highest BCUT2D eigenvalue weighted by Crippen LogP contribution is 2.43. The van der Waals surface area contributed by atoms with Crippen LogP contribution in [0.4, 0.5) is 19.0 Å². The van der Waals surface area contributed by atoms with Gasteiger partial charge in [-0.3, -0.25) is 4.90 Å². The highest BCUT2D eigenvalue weighted by Gasteiger charge is 2.49. The number of hydrogen-bond donors (Lipinski definition) is 2. The predicted octanol–water partition coefficient (Wildman–Crippen LogP) is 6.46. The summed E-state index contributed by atoms with van der Waals surface area (Å²) in [4.78, 5) is 18.2. The number of anilines is 1. The number of halogens is 3. The van der Waals surface area contributed by atoms with E-state index in [9.17, 15) is 14.6 Å². The molecule has 3 aliphatic rings. The average Bonchev–Trinajstić information content (AvgIpc) is 3.50. The number of aromatic nitrogens is 3. The van der Waals surface area contributed by atoms with E-state index >= 15 is 8.78 Å². The van der Waals surface area contributed by atoms with Crippen LogP contribution in [-0.2, 0) is 6.42 Å². The van der Waals surface area contributed by atoms with Crippen molar-refractivity contribution >= 4 is 27.5 Å². The summed E-state index contributed by atoms with van der Waals surface area (Å²) in [7, 11) is 0. The molecule has 3 fully saturated rings. The van der Waals surface area contributed by atoms with E-state index in [0.29, 0.717) is 54.5 Å². The van der Waals surface area contributed by atoms with Crippen molar-refractivity contribution in [2.24, 2.45) is 0 Å². The van der Waals surface area contributed by atoms with Gasteiger partial charge in [0.2, 0.25) is 0 Å². The van der Waals surface area contributed by atoms with Gasteiger partial charge in [0.1, 0.15) is 47.1 Å². The molecule has 0 radical (unpaired) electrons. The van der Waals surface area contributed by atoms with Crippen LogP contribution in [0.15, 0.2) is 24.3 Å². The van der Waals surface area contributed by atoms with Crippen LogP contribution >= 0.6 is 0 Å². The molecule has 4 aromatic rings. The van der Waals surface area contributed by atoms with Crippen LogP contribution in [0, 0.1) is 23.5 Å². The third-order valence-electron chi connectivity index (χ3n) is 10.2. The van der Waals surface area contributed by atoms with E-state index < -0.39 is 28.9 Å². The van der Waals surface area contributed by atoms with Crippen LogP contribution in [0.1, 0.15) is 70.6 Å². The lowest BCUT2D eigenvalue weighted by Crippen LogP contribution is -2.43. The molecule has 0 aliphatic carbocycles. The van der Waals surface area contributed by atoms with Gasteiger partial charge in [0.05, 0.1) is 16.5 Å². The van der Waals surface area contributed by atoms with Gasteiger partial charge in [0.25, 0.3) is 0 Å². The number of aliphatic hydroxyl groups is 1. The molecule has 3 atom stereocenters. The highest BCUT2D eigenvalue weighted by atomic mass is 19.1. The maximum atomic E-state index is 17.2. The normalized spacial score (nSPS) is 24.5. The quantitative estimate of drug-likeness (QED) is 0.228. The Labute approximate surface area is 278 Å². The lowest BCUT2D eigenvalue weighted by Gasteiger charge is -2.32. The lowest BCUT2D eigenvalue weighted by molar-refractivity contribution is 0.0611. The molecule has 3 aliphatic heterocycles. The van der Waals surface area contributed by atoms with E-state index in [1.807, 2.05) is 11.8 Å². The maximum absolute atomic E-state index is 17.2. The molecule has 2 aromatic heterocycles. The fourth-order valence-electron chi connectivity index (χ4n) is 8.05. The SMILES string of the molecule is CC#Cc1nc(-c2cc(O)cc3ccc(F)c(CC)c23)c(F)c2nc(OC[C@@]34CCCN3C[C@H](F)C4)nc(N3CCCCC(C)(O)C3)c12. The highest BCUT2D eigenvalue weighted by molar-refractivity contribution is 6.03. The zero-order chi connectivity index (χ0) is 33.8. The van der Waals surface area contributed by atoms with Crippen LogP contribution in [-0.4, -0.2) is 80.2 Å². The zero-order valence-corrected chi connectivity index (χ0v) is 27.5. The lowest BCUT2D eigenvalue weighted by atomic mass is 9.94. The molecule has 252 valence electrons. The van der Waals surface area contributed by atoms with Crippen molar-refractivity contribution in [2.75, 3.05) is 37.7 Å². The first-order valence-electron chi connectivity index (χ1n) is 16.8. The van der Waals surface area contributed by atoms with Crippen LogP contribution in [0.25, 0.3) is 32.9 Å². The number of nitrogens with zero attached hydrogens (tertiary/aromatic N) is 5.